The number of carbonyl (C=O) groups is 1. The number of hydrogen-bond donors (Lipinski definition) is 1. The van der Waals surface area contributed by atoms with E-state index in [0.717, 1.165) is 24.3 Å². The minimum Gasteiger partial charge on any atom is -0.491 e. The highest BCUT2D eigenvalue weighted by Crippen LogP contribution is 2.20. The molecule has 24 heavy (non-hydrogen) atoms. The van der Waals surface area contributed by atoms with Crippen LogP contribution in [0.3, 0.4) is 0 Å². The van der Waals surface area contributed by atoms with E-state index in [1.807, 2.05) is 0 Å². The zero-order chi connectivity index (χ0) is 17.5. The quantitative estimate of drug-likeness (QED) is 0.821. The molecule has 7 heteroatoms. The summed E-state index contributed by atoms with van der Waals surface area (Å²) in [5, 5.41) is 2.64. The van der Waals surface area contributed by atoms with Crippen molar-refractivity contribution in [2.24, 2.45) is 0 Å². The summed E-state index contributed by atoms with van der Waals surface area (Å²) in [6.07, 6.45) is -0.447. The highest BCUT2D eigenvalue weighted by molar-refractivity contribution is 5.89. The van der Waals surface area contributed by atoms with Crippen molar-refractivity contribution in [1.82, 2.24) is 4.90 Å². The average Bonchev–Trinajstić information content (AvgIpc) is 3.04. The van der Waals surface area contributed by atoms with Gasteiger partial charge in [-0.25, -0.2) is 13.6 Å². The van der Waals surface area contributed by atoms with E-state index < -0.39 is 19.0 Å². The predicted octanol–water partition coefficient (Wildman–Crippen LogP) is 3.75. The van der Waals surface area contributed by atoms with Crippen molar-refractivity contribution >= 4 is 11.7 Å². The smallest absolute Gasteiger partial charge is 0.322 e. The summed E-state index contributed by atoms with van der Waals surface area (Å²) in [5.41, 5.74) is 0.504. The van der Waals surface area contributed by atoms with Crippen LogP contribution in [0.25, 0.3) is 0 Å². The van der Waals surface area contributed by atoms with Gasteiger partial charge in [-0.15, -0.1) is 0 Å². The second-order valence-corrected chi connectivity index (χ2v) is 6.04. The molecule has 0 radical (unpaired) electrons. The Morgan fingerprint density at radius 2 is 2.25 bits per heavy atom. The summed E-state index contributed by atoms with van der Waals surface area (Å²) in [4.78, 5) is 13.3. The molecule has 5 nitrogen and oxygen atoms in total. The number of benzene rings is 1. The molecule has 1 heterocycles. The fourth-order valence-corrected chi connectivity index (χ4v) is 2.50. The average molecular weight is 342 g/mol. The van der Waals surface area contributed by atoms with Gasteiger partial charge < -0.3 is 19.7 Å². The van der Waals surface area contributed by atoms with E-state index in [0.29, 0.717) is 18.0 Å². The summed E-state index contributed by atoms with van der Waals surface area (Å²) in [6, 6.07) is 6.02. The lowest BCUT2D eigenvalue weighted by atomic mass is 10.2. The monoisotopic (exact) mass is 342 g/mol. The number of amides is 2. The summed E-state index contributed by atoms with van der Waals surface area (Å²) >= 11 is 0. The van der Waals surface area contributed by atoms with E-state index in [4.69, 9.17) is 9.47 Å². The van der Waals surface area contributed by atoms with E-state index in [1.165, 1.54) is 0 Å². The largest absolute Gasteiger partial charge is 0.491 e. The molecule has 0 saturated carbocycles. The zero-order valence-electron chi connectivity index (χ0n) is 14.0. The van der Waals surface area contributed by atoms with Crippen LogP contribution in [0.2, 0.25) is 0 Å². The topological polar surface area (TPSA) is 50.8 Å². The lowest BCUT2D eigenvalue weighted by molar-refractivity contribution is 0.0680. The van der Waals surface area contributed by atoms with Crippen molar-refractivity contribution in [2.45, 2.75) is 45.3 Å². The molecule has 1 saturated heterocycles. The molecule has 0 aromatic heterocycles. The number of urea groups is 1. The van der Waals surface area contributed by atoms with Crippen molar-refractivity contribution < 1.29 is 23.0 Å². The van der Waals surface area contributed by atoms with Gasteiger partial charge in [-0.3, -0.25) is 0 Å². The molecule has 1 aliphatic rings. The van der Waals surface area contributed by atoms with Crippen LogP contribution in [0.5, 0.6) is 5.75 Å². The molecule has 0 unspecified atom stereocenters. The van der Waals surface area contributed by atoms with Crippen LogP contribution in [0, 0.1) is 0 Å². The molecule has 1 atom stereocenters. The van der Waals surface area contributed by atoms with Gasteiger partial charge in [0.1, 0.15) is 12.4 Å². The maximum Gasteiger partial charge on any atom is 0.322 e. The number of nitrogens with one attached hydrogen (secondary N) is 1. The first-order valence-electron chi connectivity index (χ1n) is 8.16. The van der Waals surface area contributed by atoms with Gasteiger partial charge in [-0.2, -0.15) is 0 Å². The molecular formula is C17H24F2N2O3. The molecule has 1 aromatic rings. The molecule has 1 aromatic carbocycles. The van der Waals surface area contributed by atoms with E-state index in [9.17, 15) is 13.6 Å². The van der Waals surface area contributed by atoms with Crippen LogP contribution in [0.4, 0.5) is 19.3 Å². The van der Waals surface area contributed by atoms with Gasteiger partial charge in [0.05, 0.1) is 12.6 Å². The first-order chi connectivity index (χ1) is 11.5. The fourth-order valence-electron chi connectivity index (χ4n) is 2.50. The van der Waals surface area contributed by atoms with E-state index in [-0.39, 0.29) is 12.1 Å². The number of hydrogen-bond acceptors (Lipinski definition) is 3. The normalized spacial score (nSPS) is 17.3. The highest BCUT2D eigenvalue weighted by Gasteiger charge is 2.21. The van der Waals surface area contributed by atoms with Crippen LogP contribution >= 0.6 is 0 Å². The third-order valence-corrected chi connectivity index (χ3v) is 3.76. The number of nitrogens with zero attached hydrogens (tertiary/aromatic N) is 1. The Bertz CT molecular complexity index is 534. The van der Waals surface area contributed by atoms with Crippen molar-refractivity contribution in [2.75, 3.05) is 25.1 Å². The second-order valence-electron chi connectivity index (χ2n) is 6.04. The molecule has 0 spiro atoms. The van der Waals surface area contributed by atoms with Crippen molar-refractivity contribution in [3.05, 3.63) is 24.3 Å². The summed E-state index contributed by atoms with van der Waals surface area (Å²) in [7, 11) is 0. The van der Waals surface area contributed by atoms with Crippen molar-refractivity contribution in [1.29, 1.82) is 0 Å². The predicted molar refractivity (Wildman–Crippen MR) is 87.8 cm³/mol. The third-order valence-electron chi connectivity index (χ3n) is 3.76. The van der Waals surface area contributed by atoms with Gasteiger partial charge >= 0.3 is 6.03 Å². The Morgan fingerprint density at radius 3 is 2.88 bits per heavy atom. The number of rotatable bonds is 7. The van der Waals surface area contributed by atoms with Gasteiger partial charge in [-0.1, -0.05) is 6.07 Å². The lowest BCUT2D eigenvalue weighted by Crippen LogP contribution is -2.42. The van der Waals surface area contributed by atoms with Crippen molar-refractivity contribution in [3.63, 3.8) is 0 Å². The van der Waals surface area contributed by atoms with E-state index >= 15 is 0 Å². The fraction of sp³-hybridized carbons (Fsp3) is 0.588. The minimum absolute atomic E-state index is 0.103. The Hall–Kier alpha value is -1.89. The number of ether oxygens (including phenoxy) is 2. The SMILES string of the molecule is CC(C)N(CC(F)F)C(=O)Nc1cccc(OC[C@H]2CCCO2)c1. The van der Waals surface area contributed by atoms with E-state index in [2.05, 4.69) is 5.32 Å². The molecule has 1 aliphatic heterocycles. The maximum absolute atomic E-state index is 12.6. The summed E-state index contributed by atoms with van der Waals surface area (Å²) < 4.78 is 36.4. The molecule has 0 aliphatic carbocycles. The molecule has 0 bridgehead atoms. The van der Waals surface area contributed by atoms with Crippen LogP contribution in [-0.4, -0.2) is 49.3 Å². The Kier molecular flexibility index (Phi) is 6.78. The number of halogens is 2. The number of anilines is 1. The molecule has 1 N–H and O–H groups in total. The standard InChI is InChI=1S/C17H24F2N2O3/c1-12(2)21(10-16(18)19)17(22)20-13-5-3-6-14(9-13)24-11-15-7-4-8-23-15/h3,5-6,9,12,15-16H,4,7-8,10-11H2,1-2H3,(H,20,22)/t15-/m1/s1. The van der Waals surface area contributed by atoms with Gasteiger partial charge in [0.15, 0.2) is 0 Å². The van der Waals surface area contributed by atoms with Crippen LogP contribution in [0.1, 0.15) is 26.7 Å². The first-order valence-corrected chi connectivity index (χ1v) is 8.16. The third kappa shape index (κ3) is 5.63. The first kappa shape index (κ1) is 18.4. The van der Waals surface area contributed by atoms with Gasteiger partial charge in [-0.05, 0) is 38.8 Å². The molecule has 134 valence electrons. The minimum atomic E-state index is -2.57. The Labute approximate surface area is 140 Å². The van der Waals surface area contributed by atoms with Crippen LogP contribution < -0.4 is 10.1 Å². The van der Waals surface area contributed by atoms with Crippen LogP contribution in [-0.2, 0) is 4.74 Å². The Morgan fingerprint density at radius 1 is 1.46 bits per heavy atom. The molecular weight excluding hydrogens is 318 g/mol. The zero-order valence-corrected chi connectivity index (χ0v) is 14.0. The van der Waals surface area contributed by atoms with Crippen molar-refractivity contribution in [3.8, 4) is 5.75 Å². The molecule has 2 rings (SSSR count). The van der Waals surface area contributed by atoms with Gasteiger partial charge in [0.25, 0.3) is 6.43 Å². The van der Waals surface area contributed by atoms with Gasteiger partial charge in [0, 0.05) is 24.4 Å². The Balaban J connectivity index is 1.93. The van der Waals surface area contributed by atoms with E-state index in [1.54, 1.807) is 38.1 Å². The van der Waals surface area contributed by atoms with Crippen LogP contribution in [0.15, 0.2) is 24.3 Å². The lowest BCUT2D eigenvalue weighted by Gasteiger charge is -2.26. The number of carbonyl (C=O) groups excluding carboxylic acids is 1. The number of alkyl halides is 2. The molecule has 2 amide bonds. The summed E-state index contributed by atoms with van der Waals surface area (Å²) in [5.74, 6) is 0.605. The second kappa shape index (κ2) is 8.82. The molecule has 1 fully saturated rings. The highest BCUT2D eigenvalue weighted by atomic mass is 19.3. The summed E-state index contributed by atoms with van der Waals surface area (Å²) in [6.45, 7) is 4.02. The van der Waals surface area contributed by atoms with Gasteiger partial charge in [0.2, 0.25) is 0 Å². The maximum atomic E-state index is 12.6.